The Hall–Kier alpha value is -2.53. The molecule has 0 radical (unpaired) electrons. The van der Waals surface area contributed by atoms with E-state index >= 15 is 0 Å². The molecule has 0 amide bonds. The lowest BCUT2D eigenvalue weighted by atomic mass is 10.0. The molecule has 3 aromatic rings. The van der Waals surface area contributed by atoms with Gasteiger partial charge >= 0.3 is 0 Å². The molecule has 2 aromatic heterocycles. The van der Waals surface area contributed by atoms with Crippen LogP contribution < -0.4 is 0 Å². The maximum absolute atomic E-state index is 13.9. The van der Waals surface area contributed by atoms with Gasteiger partial charge in [0.2, 0.25) is 0 Å². The third-order valence-corrected chi connectivity index (χ3v) is 3.74. The Morgan fingerprint density at radius 2 is 2.00 bits per heavy atom. The van der Waals surface area contributed by atoms with Gasteiger partial charge in [-0.05, 0) is 42.4 Å². The van der Waals surface area contributed by atoms with Crippen molar-refractivity contribution in [2.24, 2.45) is 7.05 Å². The highest BCUT2D eigenvalue weighted by molar-refractivity contribution is 5.63. The molecule has 0 aliphatic rings. The molecule has 0 saturated heterocycles. The smallest absolute Gasteiger partial charge is 0.124 e. The summed E-state index contributed by atoms with van der Waals surface area (Å²) in [7, 11) is 3.97. The van der Waals surface area contributed by atoms with Gasteiger partial charge in [0.05, 0.1) is 6.54 Å². The first-order valence-corrected chi connectivity index (χ1v) is 7.46. The largest absolute Gasteiger partial charge is 0.337 e. The molecule has 0 unspecified atom stereocenters. The highest BCUT2D eigenvalue weighted by atomic mass is 19.1. The lowest BCUT2D eigenvalue weighted by Gasteiger charge is -2.17. The maximum atomic E-state index is 13.9. The zero-order valence-corrected chi connectivity index (χ0v) is 13.3. The molecule has 0 bridgehead atoms. The zero-order chi connectivity index (χ0) is 16.2. The number of halogens is 1. The molecular formula is C18H19FN4. The predicted octanol–water partition coefficient (Wildman–Crippen LogP) is 3.25. The van der Waals surface area contributed by atoms with E-state index in [0.29, 0.717) is 13.1 Å². The number of benzene rings is 1. The van der Waals surface area contributed by atoms with Gasteiger partial charge in [0.25, 0.3) is 0 Å². The standard InChI is InChI=1S/C18H19FN4/c1-22(13-18-21-6-7-23(18)2)12-14-8-16(10-17(19)9-14)15-4-3-5-20-11-15/h3-11H,12-13H2,1-2H3. The molecular weight excluding hydrogens is 291 g/mol. The van der Waals surface area contributed by atoms with Gasteiger partial charge in [-0.3, -0.25) is 9.88 Å². The van der Waals surface area contributed by atoms with Gasteiger partial charge in [-0.15, -0.1) is 0 Å². The van der Waals surface area contributed by atoms with Crippen LogP contribution in [-0.2, 0) is 20.1 Å². The maximum Gasteiger partial charge on any atom is 0.124 e. The fourth-order valence-corrected chi connectivity index (χ4v) is 2.60. The first kappa shape index (κ1) is 15.4. The van der Waals surface area contributed by atoms with Crippen molar-refractivity contribution in [3.8, 4) is 11.1 Å². The number of hydrogen-bond donors (Lipinski definition) is 0. The summed E-state index contributed by atoms with van der Waals surface area (Å²) < 4.78 is 15.9. The van der Waals surface area contributed by atoms with Crippen LogP contribution in [0.4, 0.5) is 4.39 Å². The first-order valence-electron chi connectivity index (χ1n) is 7.46. The summed E-state index contributed by atoms with van der Waals surface area (Å²) >= 11 is 0. The normalized spacial score (nSPS) is 11.1. The summed E-state index contributed by atoms with van der Waals surface area (Å²) in [4.78, 5) is 10.5. The molecule has 5 heteroatoms. The number of pyridine rings is 1. The van der Waals surface area contributed by atoms with Gasteiger partial charge in [-0.1, -0.05) is 6.07 Å². The second kappa shape index (κ2) is 6.71. The fourth-order valence-electron chi connectivity index (χ4n) is 2.60. The quantitative estimate of drug-likeness (QED) is 0.725. The first-order chi connectivity index (χ1) is 11.1. The number of aromatic nitrogens is 3. The van der Waals surface area contributed by atoms with Crippen molar-refractivity contribution in [1.82, 2.24) is 19.4 Å². The Morgan fingerprint density at radius 3 is 2.70 bits per heavy atom. The average molecular weight is 310 g/mol. The number of hydrogen-bond acceptors (Lipinski definition) is 3. The molecule has 23 heavy (non-hydrogen) atoms. The van der Waals surface area contributed by atoms with Crippen molar-refractivity contribution < 1.29 is 4.39 Å². The van der Waals surface area contributed by atoms with Crippen LogP contribution in [0, 0.1) is 5.82 Å². The van der Waals surface area contributed by atoms with Crippen LogP contribution >= 0.6 is 0 Å². The second-order valence-corrected chi connectivity index (χ2v) is 5.72. The van der Waals surface area contributed by atoms with Crippen LogP contribution in [0.3, 0.4) is 0 Å². The van der Waals surface area contributed by atoms with Crippen LogP contribution in [-0.4, -0.2) is 26.5 Å². The van der Waals surface area contributed by atoms with E-state index in [1.165, 1.54) is 0 Å². The lowest BCUT2D eigenvalue weighted by molar-refractivity contribution is 0.306. The summed E-state index contributed by atoms with van der Waals surface area (Å²) in [6.45, 7) is 1.36. The molecule has 118 valence electrons. The van der Waals surface area contributed by atoms with Crippen molar-refractivity contribution in [2.45, 2.75) is 13.1 Å². The predicted molar refractivity (Wildman–Crippen MR) is 88.0 cm³/mol. The Bertz CT molecular complexity index is 783. The number of aryl methyl sites for hydroxylation is 1. The Morgan fingerprint density at radius 1 is 1.13 bits per heavy atom. The molecule has 0 aliphatic carbocycles. The van der Waals surface area contributed by atoms with Crippen molar-refractivity contribution in [3.63, 3.8) is 0 Å². The third-order valence-electron chi connectivity index (χ3n) is 3.74. The summed E-state index contributed by atoms with van der Waals surface area (Å²) in [5.74, 6) is 0.753. The molecule has 0 N–H and O–H groups in total. The van der Waals surface area contributed by atoms with Crippen molar-refractivity contribution in [2.75, 3.05) is 7.05 Å². The average Bonchev–Trinajstić information content (AvgIpc) is 2.92. The molecule has 4 nitrogen and oxygen atoms in total. The van der Waals surface area contributed by atoms with Crippen LogP contribution in [0.5, 0.6) is 0 Å². The summed E-state index contributed by atoms with van der Waals surface area (Å²) in [6.07, 6.45) is 7.16. The molecule has 0 aliphatic heterocycles. The zero-order valence-electron chi connectivity index (χ0n) is 13.3. The van der Waals surface area contributed by atoms with Crippen molar-refractivity contribution >= 4 is 0 Å². The van der Waals surface area contributed by atoms with Crippen LogP contribution in [0.1, 0.15) is 11.4 Å². The topological polar surface area (TPSA) is 34.0 Å². The Labute approximate surface area is 135 Å². The summed E-state index contributed by atoms with van der Waals surface area (Å²) in [6, 6.07) is 8.92. The SMILES string of the molecule is CN(Cc1cc(F)cc(-c2cccnc2)c1)Cc1nccn1C. The van der Waals surface area contributed by atoms with Gasteiger partial charge in [-0.25, -0.2) is 9.37 Å². The number of imidazole rings is 1. The van der Waals surface area contributed by atoms with Gasteiger partial charge in [-0.2, -0.15) is 0 Å². The van der Waals surface area contributed by atoms with E-state index in [2.05, 4.69) is 14.9 Å². The lowest BCUT2D eigenvalue weighted by Crippen LogP contribution is -2.19. The molecule has 0 fully saturated rings. The van der Waals surface area contributed by atoms with E-state index in [1.54, 1.807) is 30.7 Å². The highest BCUT2D eigenvalue weighted by Crippen LogP contribution is 2.22. The van der Waals surface area contributed by atoms with Crippen molar-refractivity contribution in [1.29, 1.82) is 0 Å². The number of nitrogens with zero attached hydrogens (tertiary/aromatic N) is 4. The van der Waals surface area contributed by atoms with Crippen LogP contribution in [0.25, 0.3) is 11.1 Å². The Kier molecular flexibility index (Phi) is 4.48. The third kappa shape index (κ3) is 3.81. The summed E-state index contributed by atoms with van der Waals surface area (Å²) in [5, 5.41) is 0. The van der Waals surface area contributed by atoms with E-state index in [-0.39, 0.29) is 5.82 Å². The van der Waals surface area contributed by atoms with E-state index in [4.69, 9.17) is 0 Å². The van der Waals surface area contributed by atoms with Gasteiger partial charge in [0.1, 0.15) is 11.6 Å². The fraction of sp³-hybridized carbons (Fsp3) is 0.222. The number of rotatable bonds is 5. The highest BCUT2D eigenvalue weighted by Gasteiger charge is 2.08. The molecule has 1 aromatic carbocycles. The van der Waals surface area contributed by atoms with Crippen LogP contribution in [0.2, 0.25) is 0 Å². The van der Waals surface area contributed by atoms with E-state index < -0.39 is 0 Å². The molecule has 0 saturated carbocycles. The van der Waals surface area contributed by atoms with E-state index in [0.717, 1.165) is 22.5 Å². The minimum Gasteiger partial charge on any atom is -0.337 e. The minimum absolute atomic E-state index is 0.230. The van der Waals surface area contributed by atoms with E-state index in [1.807, 2.05) is 43.1 Å². The summed E-state index contributed by atoms with van der Waals surface area (Å²) in [5.41, 5.74) is 2.69. The molecule has 3 rings (SSSR count). The van der Waals surface area contributed by atoms with Gasteiger partial charge in [0.15, 0.2) is 0 Å². The monoisotopic (exact) mass is 310 g/mol. The van der Waals surface area contributed by atoms with Gasteiger partial charge < -0.3 is 4.57 Å². The van der Waals surface area contributed by atoms with Crippen LogP contribution in [0.15, 0.2) is 55.1 Å². The van der Waals surface area contributed by atoms with Gasteiger partial charge in [0, 0.05) is 43.9 Å². The minimum atomic E-state index is -0.230. The van der Waals surface area contributed by atoms with Crippen molar-refractivity contribution in [3.05, 3.63) is 72.3 Å². The molecule has 0 atom stereocenters. The molecule has 2 heterocycles. The molecule has 0 spiro atoms. The Balaban J connectivity index is 1.78. The van der Waals surface area contributed by atoms with E-state index in [9.17, 15) is 4.39 Å². The second-order valence-electron chi connectivity index (χ2n) is 5.72.